The van der Waals surface area contributed by atoms with Gasteiger partial charge in [-0.3, -0.25) is 5.32 Å². The van der Waals surface area contributed by atoms with Crippen LogP contribution in [0.1, 0.15) is 28.8 Å². The number of fused-ring (bicyclic) bond motifs is 2. The molecule has 42 heavy (non-hydrogen) atoms. The van der Waals surface area contributed by atoms with Gasteiger partial charge in [-0.15, -0.1) is 5.06 Å². The van der Waals surface area contributed by atoms with E-state index in [1.807, 2.05) is 12.1 Å². The van der Waals surface area contributed by atoms with Crippen molar-refractivity contribution in [2.75, 3.05) is 32.5 Å². The van der Waals surface area contributed by atoms with Crippen molar-refractivity contribution in [2.45, 2.75) is 26.4 Å². The molecule has 0 atom stereocenters. The van der Waals surface area contributed by atoms with Gasteiger partial charge in [-0.1, -0.05) is 12.1 Å². The van der Waals surface area contributed by atoms with Crippen LogP contribution in [0.5, 0.6) is 0 Å². The minimum atomic E-state index is -0.786. The third kappa shape index (κ3) is 5.28. The fourth-order valence-electron chi connectivity index (χ4n) is 5.40. The Kier molecular flexibility index (Phi) is 7.07. The first-order valence-corrected chi connectivity index (χ1v) is 13.5. The van der Waals surface area contributed by atoms with Gasteiger partial charge >= 0.3 is 12.1 Å². The SMILES string of the molecule is Cc1c(NC(=O)ON2Cc3ccc(F)cc3C2)cc(F)cc1-c1ncnc2[nH]c(C3=CCN(C(=O)N(C)C)CC3)cc12. The van der Waals surface area contributed by atoms with Crippen molar-refractivity contribution in [3.8, 4) is 11.3 Å². The molecule has 0 saturated carbocycles. The van der Waals surface area contributed by atoms with Crippen molar-refractivity contribution in [2.24, 2.45) is 0 Å². The van der Waals surface area contributed by atoms with E-state index in [0.717, 1.165) is 22.4 Å². The van der Waals surface area contributed by atoms with Crippen LogP contribution in [0.4, 0.5) is 24.1 Å². The number of amides is 3. The molecule has 4 heterocycles. The predicted octanol–water partition coefficient (Wildman–Crippen LogP) is 5.46. The lowest BCUT2D eigenvalue weighted by Crippen LogP contribution is -2.41. The van der Waals surface area contributed by atoms with E-state index in [2.05, 4.69) is 20.3 Å². The molecule has 6 rings (SSSR count). The zero-order valence-corrected chi connectivity index (χ0v) is 23.4. The third-order valence-electron chi connectivity index (χ3n) is 7.57. The summed E-state index contributed by atoms with van der Waals surface area (Å²) in [5.74, 6) is -0.909. The second-order valence-electron chi connectivity index (χ2n) is 10.6. The highest BCUT2D eigenvalue weighted by Gasteiger charge is 2.25. The lowest BCUT2D eigenvalue weighted by atomic mass is 10.0. The summed E-state index contributed by atoms with van der Waals surface area (Å²) in [6.45, 7) is 3.43. The molecular weight excluding hydrogens is 544 g/mol. The Labute approximate surface area is 240 Å². The molecule has 0 aliphatic carbocycles. The maximum Gasteiger partial charge on any atom is 0.430 e. The average molecular weight is 574 g/mol. The van der Waals surface area contributed by atoms with Crippen LogP contribution in [0, 0.1) is 18.6 Å². The second kappa shape index (κ2) is 10.9. The lowest BCUT2D eigenvalue weighted by Gasteiger charge is -2.28. The van der Waals surface area contributed by atoms with Crippen molar-refractivity contribution >= 4 is 34.4 Å². The van der Waals surface area contributed by atoms with E-state index in [1.165, 1.54) is 35.7 Å². The van der Waals surface area contributed by atoms with Crippen molar-refractivity contribution in [3.63, 3.8) is 0 Å². The van der Waals surface area contributed by atoms with E-state index in [4.69, 9.17) is 4.84 Å². The maximum atomic E-state index is 14.9. The molecule has 0 bridgehead atoms. The summed E-state index contributed by atoms with van der Waals surface area (Å²) >= 11 is 0. The van der Waals surface area contributed by atoms with Crippen LogP contribution in [0.15, 0.2) is 48.8 Å². The standard InChI is InChI=1S/C30H29F2N7O3/c1-17-23(11-22(32)12-25(17)36-29(40)42-39-14-19-4-5-21(31)10-20(19)15-39)27-24-13-26(35-28(24)34-16-33-27)18-6-8-38(9-7-18)30(41)37(2)3/h4-6,10-13,16H,7-9,14-15H2,1-3H3,(H,36,40)(H,33,34,35). The van der Waals surface area contributed by atoms with Crippen LogP contribution in [-0.4, -0.2) is 69.1 Å². The summed E-state index contributed by atoms with van der Waals surface area (Å²) < 4.78 is 28.4. The number of halogens is 2. The largest absolute Gasteiger partial charge is 0.430 e. The minimum Gasteiger partial charge on any atom is -0.350 e. The molecule has 0 unspecified atom stereocenters. The molecule has 12 heteroatoms. The lowest BCUT2D eigenvalue weighted by molar-refractivity contribution is -0.0997. The summed E-state index contributed by atoms with van der Waals surface area (Å²) in [5.41, 5.74) is 5.94. The molecule has 10 nitrogen and oxygen atoms in total. The van der Waals surface area contributed by atoms with Crippen LogP contribution in [0.2, 0.25) is 0 Å². The Morgan fingerprint density at radius 2 is 1.86 bits per heavy atom. The summed E-state index contributed by atoms with van der Waals surface area (Å²) in [7, 11) is 3.46. The van der Waals surface area contributed by atoms with Crippen molar-refractivity contribution in [3.05, 3.63) is 82.8 Å². The van der Waals surface area contributed by atoms with E-state index >= 15 is 0 Å². The average Bonchev–Trinajstić information content (AvgIpc) is 3.57. The van der Waals surface area contributed by atoms with Gasteiger partial charge in [-0.25, -0.2) is 28.3 Å². The molecule has 0 radical (unpaired) electrons. The van der Waals surface area contributed by atoms with Gasteiger partial charge in [-0.2, -0.15) is 0 Å². The first-order chi connectivity index (χ1) is 20.2. The number of aromatic nitrogens is 3. The van der Waals surface area contributed by atoms with Crippen LogP contribution in [-0.2, 0) is 17.9 Å². The zero-order chi connectivity index (χ0) is 29.5. The fourth-order valence-corrected chi connectivity index (χ4v) is 5.40. The highest BCUT2D eigenvalue weighted by atomic mass is 19.1. The number of anilines is 1. The van der Waals surface area contributed by atoms with E-state index in [9.17, 15) is 18.4 Å². The molecule has 2 aromatic heterocycles. The van der Waals surface area contributed by atoms with E-state index in [-0.39, 0.29) is 24.1 Å². The topological polar surface area (TPSA) is 107 Å². The number of urea groups is 1. The first-order valence-electron chi connectivity index (χ1n) is 13.5. The minimum absolute atomic E-state index is 0.0362. The van der Waals surface area contributed by atoms with Crippen LogP contribution in [0.25, 0.3) is 27.9 Å². The maximum absolute atomic E-state index is 14.9. The van der Waals surface area contributed by atoms with Gasteiger partial charge < -0.3 is 19.6 Å². The van der Waals surface area contributed by atoms with Crippen LogP contribution >= 0.6 is 0 Å². The number of hydrogen-bond acceptors (Lipinski definition) is 6. The number of nitrogens with zero attached hydrogens (tertiary/aromatic N) is 5. The fraction of sp³-hybridized carbons (Fsp3) is 0.267. The van der Waals surface area contributed by atoms with Gasteiger partial charge in [0.25, 0.3) is 0 Å². The number of H-pyrrole nitrogens is 1. The predicted molar refractivity (Wildman–Crippen MR) is 153 cm³/mol. The zero-order valence-electron chi connectivity index (χ0n) is 23.4. The number of rotatable bonds is 4. The molecule has 2 aromatic carbocycles. The third-order valence-corrected chi connectivity index (χ3v) is 7.57. The first kappa shape index (κ1) is 27.3. The van der Waals surface area contributed by atoms with Gasteiger partial charge in [0.1, 0.15) is 23.6 Å². The monoisotopic (exact) mass is 573 g/mol. The quantitative estimate of drug-likeness (QED) is 0.336. The molecule has 2 aliphatic heterocycles. The molecule has 2 aliphatic rings. The van der Waals surface area contributed by atoms with Gasteiger partial charge in [0, 0.05) is 43.8 Å². The number of benzene rings is 2. The summed E-state index contributed by atoms with van der Waals surface area (Å²) in [6, 6.07) is 8.94. The number of hydroxylamine groups is 2. The molecule has 0 saturated heterocycles. The molecular formula is C30H29F2N7O3. The Morgan fingerprint density at radius 1 is 1.05 bits per heavy atom. The molecule has 216 valence electrons. The summed E-state index contributed by atoms with van der Waals surface area (Å²) in [6.07, 6.45) is 3.30. The number of carbonyl (C=O) groups is 2. The molecule has 4 aromatic rings. The van der Waals surface area contributed by atoms with E-state index in [1.54, 1.807) is 36.9 Å². The molecule has 3 amide bonds. The Balaban J connectivity index is 1.23. The van der Waals surface area contributed by atoms with Crippen molar-refractivity contribution in [1.29, 1.82) is 0 Å². The summed E-state index contributed by atoms with van der Waals surface area (Å²) in [5, 5.41) is 4.75. The summed E-state index contributed by atoms with van der Waals surface area (Å²) in [4.78, 5) is 46.0. The number of hydrogen-bond donors (Lipinski definition) is 2. The Bertz CT molecular complexity index is 1750. The van der Waals surface area contributed by atoms with Gasteiger partial charge in [0.05, 0.1) is 24.5 Å². The van der Waals surface area contributed by atoms with Crippen molar-refractivity contribution < 1.29 is 23.2 Å². The molecule has 0 fully saturated rings. The van der Waals surface area contributed by atoms with E-state index < -0.39 is 11.9 Å². The normalized spacial score (nSPS) is 15.0. The molecule has 0 spiro atoms. The van der Waals surface area contributed by atoms with Crippen LogP contribution in [0.3, 0.4) is 0 Å². The van der Waals surface area contributed by atoms with Gasteiger partial charge in [0.15, 0.2) is 0 Å². The Morgan fingerprint density at radius 3 is 2.62 bits per heavy atom. The number of nitrogens with one attached hydrogen (secondary N) is 2. The van der Waals surface area contributed by atoms with Gasteiger partial charge in [-0.05, 0) is 65.9 Å². The second-order valence-corrected chi connectivity index (χ2v) is 10.6. The molecule has 2 N–H and O–H groups in total. The Hall–Kier alpha value is -4.84. The van der Waals surface area contributed by atoms with Crippen LogP contribution < -0.4 is 5.32 Å². The van der Waals surface area contributed by atoms with Crippen molar-refractivity contribution in [1.82, 2.24) is 29.8 Å². The van der Waals surface area contributed by atoms with Gasteiger partial charge in [0.2, 0.25) is 0 Å². The number of carbonyl (C=O) groups excluding carboxylic acids is 2. The highest BCUT2D eigenvalue weighted by molar-refractivity contribution is 5.96. The number of aromatic amines is 1. The highest BCUT2D eigenvalue weighted by Crippen LogP contribution is 2.35. The van der Waals surface area contributed by atoms with E-state index in [0.29, 0.717) is 53.9 Å². The smallest absolute Gasteiger partial charge is 0.350 e.